The summed E-state index contributed by atoms with van der Waals surface area (Å²) in [6, 6.07) is 0. The van der Waals surface area contributed by atoms with Crippen molar-refractivity contribution in [3.63, 3.8) is 0 Å². The van der Waals surface area contributed by atoms with Crippen molar-refractivity contribution >= 4 is 5.96 Å². The van der Waals surface area contributed by atoms with Gasteiger partial charge in [0.05, 0.1) is 12.7 Å². The van der Waals surface area contributed by atoms with E-state index in [-0.39, 0.29) is 0 Å². The second kappa shape index (κ2) is 8.91. The van der Waals surface area contributed by atoms with E-state index < -0.39 is 0 Å². The molecule has 1 aromatic rings. The van der Waals surface area contributed by atoms with Crippen LogP contribution in [0.15, 0.2) is 17.4 Å². The summed E-state index contributed by atoms with van der Waals surface area (Å²) in [4.78, 5) is 4.81. The number of hydrogen-bond acceptors (Lipinski definition) is 3. The lowest BCUT2D eigenvalue weighted by atomic mass is 9.67. The number of aryl methyl sites for hydroxylation is 1. The Morgan fingerprint density at radius 1 is 1.43 bits per heavy atom. The van der Waals surface area contributed by atoms with Gasteiger partial charge in [-0.2, -0.15) is 5.10 Å². The van der Waals surface area contributed by atoms with Gasteiger partial charge in [0.15, 0.2) is 5.96 Å². The molecule has 130 valence electrons. The van der Waals surface area contributed by atoms with Crippen LogP contribution in [0.3, 0.4) is 0 Å². The summed E-state index contributed by atoms with van der Waals surface area (Å²) < 4.78 is 7.21. The highest BCUT2D eigenvalue weighted by molar-refractivity contribution is 5.79. The molecule has 0 atom stereocenters. The van der Waals surface area contributed by atoms with E-state index in [1.165, 1.54) is 24.8 Å². The molecule has 0 spiro atoms. The van der Waals surface area contributed by atoms with Crippen LogP contribution < -0.4 is 10.6 Å². The zero-order valence-electron chi connectivity index (χ0n) is 14.8. The molecular weight excluding hydrogens is 290 g/mol. The second-order valence-electron chi connectivity index (χ2n) is 6.50. The Morgan fingerprint density at radius 3 is 2.83 bits per heavy atom. The number of aromatic nitrogens is 2. The Bertz CT molecular complexity index is 493. The molecule has 1 fully saturated rings. The predicted octanol–water partition coefficient (Wildman–Crippen LogP) is 1.95. The Hall–Kier alpha value is -1.56. The van der Waals surface area contributed by atoms with E-state index in [2.05, 4.69) is 35.8 Å². The van der Waals surface area contributed by atoms with Crippen LogP contribution in [0, 0.1) is 12.3 Å². The summed E-state index contributed by atoms with van der Waals surface area (Å²) in [6.45, 7) is 8.40. The monoisotopic (exact) mass is 321 g/mol. The number of methoxy groups -OCH3 is 1. The fourth-order valence-corrected chi connectivity index (χ4v) is 2.95. The van der Waals surface area contributed by atoms with Crippen molar-refractivity contribution in [3.05, 3.63) is 18.0 Å². The van der Waals surface area contributed by atoms with Crippen LogP contribution >= 0.6 is 0 Å². The quantitative estimate of drug-likeness (QED) is 0.539. The standard InChI is InChI=1S/C17H31N5O/c1-4-18-16(19-9-10-22-13-15(2)12-21-22)20-14-17(6-5-7-17)8-11-23-3/h12-13H,4-11,14H2,1-3H3,(H2,18,19,20). The van der Waals surface area contributed by atoms with Gasteiger partial charge in [-0.3, -0.25) is 9.67 Å². The zero-order valence-corrected chi connectivity index (χ0v) is 14.8. The van der Waals surface area contributed by atoms with Gasteiger partial charge in [-0.1, -0.05) is 6.42 Å². The van der Waals surface area contributed by atoms with E-state index in [0.29, 0.717) is 5.41 Å². The topological polar surface area (TPSA) is 63.5 Å². The van der Waals surface area contributed by atoms with Gasteiger partial charge in [0.1, 0.15) is 0 Å². The molecule has 1 aliphatic rings. The molecule has 2 N–H and O–H groups in total. The van der Waals surface area contributed by atoms with Crippen molar-refractivity contribution in [2.24, 2.45) is 10.4 Å². The summed E-state index contributed by atoms with van der Waals surface area (Å²) in [5, 5.41) is 11.0. The molecule has 0 amide bonds. The molecule has 6 nitrogen and oxygen atoms in total. The molecule has 0 aliphatic heterocycles. The molecule has 0 aromatic carbocycles. The highest BCUT2D eigenvalue weighted by atomic mass is 16.5. The predicted molar refractivity (Wildman–Crippen MR) is 93.7 cm³/mol. The average molecular weight is 321 g/mol. The van der Waals surface area contributed by atoms with Crippen LogP contribution in [0.4, 0.5) is 0 Å². The van der Waals surface area contributed by atoms with Crippen LogP contribution in [-0.2, 0) is 11.3 Å². The molecule has 1 heterocycles. The maximum Gasteiger partial charge on any atom is 0.191 e. The number of aliphatic imine (C=N–C) groups is 1. The molecule has 1 aromatic heterocycles. The summed E-state index contributed by atoms with van der Waals surface area (Å²) in [5.74, 6) is 0.903. The summed E-state index contributed by atoms with van der Waals surface area (Å²) in [6.07, 6.45) is 8.91. The molecule has 0 unspecified atom stereocenters. The lowest BCUT2D eigenvalue weighted by Crippen LogP contribution is -2.41. The molecule has 6 heteroatoms. The molecule has 1 aliphatic carbocycles. The fraction of sp³-hybridized carbons (Fsp3) is 0.765. The number of hydrogen-bond donors (Lipinski definition) is 2. The average Bonchev–Trinajstić information content (AvgIpc) is 2.91. The summed E-state index contributed by atoms with van der Waals surface area (Å²) in [5.41, 5.74) is 1.55. The maximum atomic E-state index is 5.25. The smallest absolute Gasteiger partial charge is 0.191 e. The first-order valence-corrected chi connectivity index (χ1v) is 8.68. The molecule has 2 rings (SSSR count). The summed E-state index contributed by atoms with van der Waals surface area (Å²) >= 11 is 0. The number of guanidine groups is 1. The Labute approximate surface area is 139 Å². The van der Waals surface area contributed by atoms with Crippen molar-refractivity contribution in [3.8, 4) is 0 Å². The van der Waals surface area contributed by atoms with Crippen molar-refractivity contribution in [2.75, 3.05) is 33.4 Å². The first kappa shape index (κ1) is 17.8. The first-order valence-electron chi connectivity index (χ1n) is 8.68. The van der Waals surface area contributed by atoms with Crippen LogP contribution in [0.1, 0.15) is 38.2 Å². The maximum absolute atomic E-state index is 5.25. The van der Waals surface area contributed by atoms with Gasteiger partial charge < -0.3 is 15.4 Å². The van der Waals surface area contributed by atoms with Crippen molar-refractivity contribution in [1.29, 1.82) is 0 Å². The molecule has 0 saturated heterocycles. The number of rotatable bonds is 9. The molecule has 0 bridgehead atoms. The SMILES string of the molecule is CCNC(=NCC1(CCOC)CCC1)NCCn1cc(C)cn1. The lowest BCUT2D eigenvalue weighted by Gasteiger charge is -2.40. The molecular formula is C17H31N5O. The van der Waals surface area contributed by atoms with Gasteiger partial charge in [0.2, 0.25) is 0 Å². The van der Waals surface area contributed by atoms with Gasteiger partial charge in [-0.15, -0.1) is 0 Å². The largest absolute Gasteiger partial charge is 0.385 e. The zero-order chi connectivity index (χ0) is 16.5. The highest BCUT2D eigenvalue weighted by Gasteiger charge is 2.36. The summed E-state index contributed by atoms with van der Waals surface area (Å²) in [7, 11) is 1.78. The third-order valence-electron chi connectivity index (χ3n) is 4.56. The Balaban J connectivity index is 1.81. The number of nitrogens with one attached hydrogen (secondary N) is 2. The van der Waals surface area contributed by atoms with Crippen LogP contribution in [0.5, 0.6) is 0 Å². The van der Waals surface area contributed by atoms with Gasteiger partial charge in [-0.25, -0.2) is 0 Å². The molecule has 0 radical (unpaired) electrons. The van der Waals surface area contributed by atoms with E-state index in [1.54, 1.807) is 7.11 Å². The Morgan fingerprint density at radius 2 is 2.26 bits per heavy atom. The minimum absolute atomic E-state index is 0.359. The lowest BCUT2D eigenvalue weighted by molar-refractivity contribution is 0.0778. The van der Waals surface area contributed by atoms with Gasteiger partial charge in [0, 0.05) is 39.5 Å². The number of nitrogens with zero attached hydrogens (tertiary/aromatic N) is 3. The van der Waals surface area contributed by atoms with Crippen molar-refractivity contribution < 1.29 is 4.74 Å². The Kier molecular flexibility index (Phi) is 6.89. The van der Waals surface area contributed by atoms with E-state index in [1.807, 2.05) is 10.9 Å². The van der Waals surface area contributed by atoms with Gasteiger partial charge >= 0.3 is 0 Å². The van der Waals surface area contributed by atoms with Crippen molar-refractivity contribution in [2.45, 2.75) is 46.1 Å². The van der Waals surface area contributed by atoms with E-state index >= 15 is 0 Å². The minimum Gasteiger partial charge on any atom is -0.385 e. The van der Waals surface area contributed by atoms with Crippen LogP contribution in [0.25, 0.3) is 0 Å². The van der Waals surface area contributed by atoms with Gasteiger partial charge in [-0.05, 0) is 44.1 Å². The minimum atomic E-state index is 0.359. The highest BCUT2D eigenvalue weighted by Crippen LogP contribution is 2.44. The van der Waals surface area contributed by atoms with Crippen molar-refractivity contribution in [1.82, 2.24) is 20.4 Å². The normalized spacial score (nSPS) is 16.9. The molecule has 1 saturated carbocycles. The van der Waals surface area contributed by atoms with Gasteiger partial charge in [0.25, 0.3) is 0 Å². The van der Waals surface area contributed by atoms with E-state index in [9.17, 15) is 0 Å². The third kappa shape index (κ3) is 5.53. The van der Waals surface area contributed by atoms with Crippen LogP contribution in [0.2, 0.25) is 0 Å². The fourth-order valence-electron chi connectivity index (χ4n) is 2.95. The number of ether oxygens (including phenoxy) is 1. The third-order valence-corrected chi connectivity index (χ3v) is 4.56. The molecule has 23 heavy (non-hydrogen) atoms. The first-order chi connectivity index (χ1) is 11.2. The second-order valence-corrected chi connectivity index (χ2v) is 6.50. The van der Waals surface area contributed by atoms with E-state index in [4.69, 9.17) is 9.73 Å². The van der Waals surface area contributed by atoms with Crippen LogP contribution in [-0.4, -0.2) is 49.1 Å². The van der Waals surface area contributed by atoms with E-state index in [0.717, 1.165) is 45.2 Å².